The molecule has 1 N–H and O–H groups in total. The topological polar surface area (TPSA) is 78.7 Å². The van der Waals surface area contributed by atoms with Crippen molar-refractivity contribution >= 4 is 17.8 Å². The summed E-state index contributed by atoms with van der Waals surface area (Å²) in [5.74, 6) is 0.581. The Morgan fingerprint density at radius 3 is 2.87 bits per heavy atom. The SMILES string of the molecule is N#CC1CC(=Cc2ccc(NC(=O)Cc3cccnc3)nc2)C1. The lowest BCUT2D eigenvalue weighted by Gasteiger charge is -2.22. The minimum absolute atomic E-state index is 0.118. The fourth-order valence-corrected chi connectivity index (χ4v) is 2.46. The number of hydrogen-bond donors (Lipinski definition) is 1. The number of nitrogens with one attached hydrogen (secondary N) is 1. The maximum atomic E-state index is 11.9. The van der Waals surface area contributed by atoms with E-state index in [0.29, 0.717) is 5.82 Å². The molecule has 0 radical (unpaired) electrons. The first kappa shape index (κ1) is 14.9. The number of nitriles is 1. The van der Waals surface area contributed by atoms with E-state index in [9.17, 15) is 4.79 Å². The van der Waals surface area contributed by atoms with Gasteiger partial charge in [-0.15, -0.1) is 0 Å². The number of pyridine rings is 2. The second-order valence-electron chi connectivity index (χ2n) is 5.60. The van der Waals surface area contributed by atoms with Crippen LogP contribution in [0.15, 0.2) is 48.4 Å². The average molecular weight is 304 g/mol. The molecule has 114 valence electrons. The van der Waals surface area contributed by atoms with Crippen LogP contribution in [0.2, 0.25) is 0 Å². The van der Waals surface area contributed by atoms with E-state index in [0.717, 1.165) is 24.0 Å². The molecule has 0 spiro atoms. The second kappa shape index (κ2) is 6.84. The third kappa shape index (κ3) is 4.01. The number of carbonyl (C=O) groups excluding carboxylic acids is 1. The van der Waals surface area contributed by atoms with Crippen LogP contribution >= 0.6 is 0 Å². The molecule has 1 fully saturated rings. The summed E-state index contributed by atoms with van der Waals surface area (Å²) in [6.45, 7) is 0. The molecule has 0 aliphatic heterocycles. The monoisotopic (exact) mass is 304 g/mol. The smallest absolute Gasteiger partial charge is 0.230 e. The average Bonchev–Trinajstić information content (AvgIpc) is 2.53. The molecule has 3 rings (SSSR count). The summed E-state index contributed by atoms with van der Waals surface area (Å²) in [5.41, 5.74) is 3.12. The Hall–Kier alpha value is -3.00. The Labute approximate surface area is 134 Å². The van der Waals surface area contributed by atoms with Crippen LogP contribution in [0.1, 0.15) is 24.0 Å². The predicted octanol–water partition coefficient (Wildman–Crippen LogP) is 2.97. The highest BCUT2D eigenvalue weighted by Crippen LogP contribution is 2.33. The Bertz CT molecular complexity index is 752. The molecule has 0 aromatic carbocycles. The van der Waals surface area contributed by atoms with Gasteiger partial charge in [0.05, 0.1) is 18.4 Å². The molecule has 0 saturated heterocycles. The van der Waals surface area contributed by atoms with Gasteiger partial charge >= 0.3 is 0 Å². The van der Waals surface area contributed by atoms with E-state index in [1.807, 2.05) is 12.1 Å². The summed E-state index contributed by atoms with van der Waals surface area (Å²) in [4.78, 5) is 20.2. The lowest BCUT2D eigenvalue weighted by Crippen LogP contribution is -2.15. The Morgan fingerprint density at radius 2 is 2.22 bits per heavy atom. The summed E-state index contributed by atoms with van der Waals surface area (Å²) in [6.07, 6.45) is 9.11. The number of hydrogen-bond acceptors (Lipinski definition) is 4. The number of rotatable bonds is 4. The molecule has 0 unspecified atom stereocenters. The lowest BCUT2D eigenvalue weighted by atomic mass is 9.80. The van der Waals surface area contributed by atoms with E-state index in [1.54, 1.807) is 30.7 Å². The van der Waals surface area contributed by atoms with E-state index in [4.69, 9.17) is 5.26 Å². The van der Waals surface area contributed by atoms with Crippen molar-refractivity contribution in [1.29, 1.82) is 5.26 Å². The molecule has 5 nitrogen and oxygen atoms in total. The first-order chi connectivity index (χ1) is 11.2. The zero-order chi connectivity index (χ0) is 16.1. The number of allylic oxidation sites excluding steroid dienone is 1. The van der Waals surface area contributed by atoms with Gasteiger partial charge in [0.1, 0.15) is 5.82 Å². The van der Waals surface area contributed by atoms with Crippen molar-refractivity contribution in [2.24, 2.45) is 5.92 Å². The van der Waals surface area contributed by atoms with Crippen molar-refractivity contribution in [2.75, 3.05) is 5.32 Å². The van der Waals surface area contributed by atoms with Gasteiger partial charge in [-0.2, -0.15) is 5.26 Å². The van der Waals surface area contributed by atoms with Crippen molar-refractivity contribution in [2.45, 2.75) is 19.3 Å². The number of amides is 1. The molecular weight excluding hydrogens is 288 g/mol. The molecular formula is C18H16N4O. The van der Waals surface area contributed by atoms with Crippen molar-refractivity contribution in [1.82, 2.24) is 9.97 Å². The van der Waals surface area contributed by atoms with Crippen molar-refractivity contribution < 1.29 is 4.79 Å². The van der Waals surface area contributed by atoms with Gasteiger partial charge < -0.3 is 5.32 Å². The minimum Gasteiger partial charge on any atom is -0.310 e. The number of carbonyl (C=O) groups is 1. The lowest BCUT2D eigenvalue weighted by molar-refractivity contribution is -0.115. The van der Waals surface area contributed by atoms with E-state index in [-0.39, 0.29) is 18.2 Å². The van der Waals surface area contributed by atoms with Crippen LogP contribution in [0.5, 0.6) is 0 Å². The van der Waals surface area contributed by atoms with Crippen LogP contribution in [0.25, 0.3) is 6.08 Å². The first-order valence-corrected chi connectivity index (χ1v) is 7.47. The van der Waals surface area contributed by atoms with E-state index in [1.165, 1.54) is 5.57 Å². The highest BCUT2D eigenvalue weighted by Gasteiger charge is 2.22. The van der Waals surface area contributed by atoms with Crippen molar-refractivity contribution in [3.8, 4) is 6.07 Å². The first-order valence-electron chi connectivity index (χ1n) is 7.47. The van der Waals surface area contributed by atoms with Crippen molar-refractivity contribution in [3.63, 3.8) is 0 Å². The predicted molar refractivity (Wildman–Crippen MR) is 87.1 cm³/mol. The molecule has 23 heavy (non-hydrogen) atoms. The van der Waals surface area contributed by atoms with Gasteiger partial charge in [-0.25, -0.2) is 4.98 Å². The summed E-state index contributed by atoms with van der Waals surface area (Å²) < 4.78 is 0. The maximum absolute atomic E-state index is 11.9. The minimum atomic E-state index is -0.118. The molecule has 5 heteroatoms. The summed E-state index contributed by atoms with van der Waals surface area (Å²) in [5, 5.41) is 11.5. The fourth-order valence-electron chi connectivity index (χ4n) is 2.46. The second-order valence-corrected chi connectivity index (χ2v) is 5.60. The Kier molecular flexibility index (Phi) is 4.44. The van der Waals surface area contributed by atoms with Gasteiger partial charge in [0.25, 0.3) is 0 Å². The largest absolute Gasteiger partial charge is 0.310 e. The summed E-state index contributed by atoms with van der Waals surface area (Å²) in [7, 11) is 0. The molecule has 2 heterocycles. The van der Waals surface area contributed by atoms with Crippen LogP contribution < -0.4 is 5.32 Å². The number of nitrogens with zero attached hydrogens (tertiary/aromatic N) is 3. The Balaban J connectivity index is 1.55. The van der Waals surface area contributed by atoms with Crippen LogP contribution in [0.4, 0.5) is 5.82 Å². The van der Waals surface area contributed by atoms with Crippen LogP contribution in [-0.4, -0.2) is 15.9 Å². The van der Waals surface area contributed by atoms with Crippen LogP contribution in [0, 0.1) is 17.2 Å². The van der Waals surface area contributed by atoms with Crippen LogP contribution in [0.3, 0.4) is 0 Å². The standard InChI is InChI=1S/C18H16N4O/c19-10-16-7-15(8-16)6-14-3-4-17(21-12-14)22-18(23)9-13-2-1-5-20-11-13/h1-6,11-12,16H,7-9H2,(H,21,22,23). The molecule has 1 aliphatic carbocycles. The maximum Gasteiger partial charge on any atom is 0.230 e. The zero-order valence-corrected chi connectivity index (χ0v) is 12.6. The summed E-state index contributed by atoms with van der Waals surface area (Å²) in [6, 6.07) is 9.63. The highest BCUT2D eigenvalue weighted by molar-refractivity contribution is 5.91. The van der Waals surface area contributed by atoms with Gasteiger partial charge in [-0.3, -0.25) is 9.78 Å². The normalized spacial score (nSPS) is 16.1. The third-order valence-corrected chi connectivity index (χ3v) is 3.71. The van der Waals surface area contributed by atoms with Gasteiger partial charge in [0.2, 0.25) is 5.91 Å². The third-order valence-electron chi connectivity index (χ3n) is 3.71. The number of aromatic nitrogens is 2. The van der Waals surface area contributed by atoms with Gasteiger partial charge in [-0.1, -0.05) is 17.7 Å². The van der Waals surface area contributed by atoms with E-state index < -0.39 is 0 Å². The zero-order valence-electron chi connectivity index (χ0n) is 12.6. The fraction of sp³-hybridized carbons (Fsp3) is 0.222. The van der Waals surface area contributed by atoms with Gasteiger partial charge in [0, 0.05) is 18.6 Å². The van der Waals surface area contributed by atoms with Gasteiger partial charge in [-0.05, 0) is 42.2 Å². The molecule has 1 saturated carbocycles. The van der Waals surface area contributed by atoms with E-state index in [2.05, 4.69) is 27.4 Å². The molecule has 1 aliphatic rings. The Morgan fingerprint density at radius 1 is 1.35 bits per heavy atom. The number of anilines is 1. The van der Waals surface area contributed by atoms with Crippen LogP contribution in [-0.2, 0) is 11.2 Å². The molecule has 1 amide bonds. The van der Waals surface area contributed by atoms with Crippen molar-refractivity contribution in [3.05, 3.63) is 59.6 Å². The highest BCUT2D eigenvalue weighted by atomic mass is 16.1. The molecule has 0 atom stereocenters. The molecule has 2 aromatic rings. The van der Waals surface area contributed by atoms with E-state index >= 15 is 0 Å². The quantitative estimate of drug-likeness (QED) is 0.941. The summed E-state index contributed by atoms with van der Waals surface area (Å²) >= 11 is 0. The molecule has 0 bridgehead atoms. The molecule has 2 aromatic heterocycles. The van der Waals surface area contributed by atoms with Gasteiger partial charge in [0.15, 0.2) is 0 Å².